The minimum absolute atomic E-state index is 0.202. The number of nitrogens with two attached hydrogens (primary N) is 2. The molecule has 8 N–H and O–H groups in total. The van der Waals surface area contributed by atoms with Gasteiger partial charge in [0.05, 0.1) is 19.7 Å². The second-order valence-electron chi connectivity index (χ2n) is 7.89. The largest absolute Gasteiger partial charge is 0.468 e. The number of hydrogen-bond donors (Lipinski definition) is 6. The molecule has 3 amide bonds. The van der Waals surface area contributed by atoms with Gasteiger partial charge in [0.15, 0.2) is 5.96 Å². The fourth-order valence-electron chi connectivity index (χ4n) is 2.95. The van der Waals surface area contributed by atoms with Crippen molar-refractivity contribution < 1.29 is 23.9 Å². The third-order valence-electron chi connectivity index (χ3n) is 4.45. The molecule has 2 atom stereocenters. The zero-order valence-electron chi connectivity index (χ0n) is 19.5. The molecule has 184 valence electrons. The molecule has 2 unspecified atom stereocenters. The monoisotopic (exact) mass is 457 g/mol. The molecule has 0 rings (SSSR count). The number of amides is 3. The zero-order chi connectivity index (χ0) is 24.7. The molecule has 0 radical (unpaired) electrons. The number of ether oxygens (including phenoxy) is 1. The van der Waals surface area contributed by atoms with Gasteiger partial charge in [0.2, 0.25) is 17.7 Å². The lowest BCUT2D eigenvalue weighted by Gasteiger charge is -2.26. The van der Waals surface area contributed by atoms with Crippen LogP contribution in [-0.2, 0) is 23.9 Å². The summed E-state index contributed by atoms with van der Waals surface area (Å²) in [6.07, 6.45) is 1.80. The summed E-state index contributed by atoms with van der Waals surface area (Å²) in [6.45, 7) is 5.93. The summed E-state index contributed by atoms with van der Waals surface area (Å²) in [4.78, 5) is 50.5. The lowest BCUT2D eigenvalue weighted by molar-refractivity contribution is -0.141. The first kappa shape index (κ1) is 29.1. The molecular formula is C20H39N7O5. The molecule has 0 heterocycles. The zero-order valence-corrected chi connectivity index (χ0v) is 19.5. The van der Waals surface area contributed by atoms with E-state index in [1.165, 1.54) is 12.0 Å². The average molecular weight is 458 g/mol. The van der Waals surface area contributed by atoms with Crippen LogP contribution >= 0.6 is 0 Å². The van der Waals surface area contributed by atoms with E-state index in [1.54, 1.807) is 0 Å². The number of methoxy groups -OCH3 is 1. The normalized spacial score (nSPS) is 12.4. The first-order valence-corrected chi connectivity index (χ1v) is 10.8. The summed E-state index contributed by atoms with van der Waals surface area (Å²) in [5.74, 6) is -1.98. The van der Waals surface area contributed by atoms with Gasteiger partial charge < -0.3 is 37.1 Å². The Morgan fingerprint density at radius 2 is 1.81 bits per heavy atom. The van der Waals surface area contributed by atoms with Crippen molar-refractivity contribution in [3.63, 3.8) is 0 Å². The van der Waals surface area contributed by atoms with Crippen molar-refractivity contribution in [1.29, 1.82) is 5.41 Å². The number of hydrogen-bond acceptors (Lipinski definition) is 7. The van der Waals surface area contributed by atoms with Gasteiger partial charge in [0, 0.05) is 13.1 Å². The molecule has 0 aromatic rings. The van der Waals surface area contributed by atoms with Crippen LogP contribution in [-0.4, -0.2) is 79.9 Å². The average Bonchev–Trinajstić information content (AvgIpc) is 2.72. The molecule has 0 aromatic carbocycles. The van der Waals surface area contributed by atoms with Crippen LogP contribution in [0.2, 0.25) is 0 Å². The third kappa shape index (κ3) is 12.7. The predicted molar refractivity (Wildman–Crippen MR) is 120 cm³/mol. The van der Waals surface area contributed by atoms with Crippen LogP contribution in [0, 0.1) is 11.3 Å². The molecular weight excluding hydrogens is 418 g/mol. The number of nitrogens with one attached hydrogen (secondary N) is 4. The summed E-state index contributed by atoms with van der Waals surface area (Å²) in [7, 11) is 1.20. The molecule has 0 bridgehead atoms. The van der Waals surface area contributed by atoms with Gasteiger partial charge >= 0.3 is 5.97 Å². The van der Waals surface area contributed by atoms with Crippen molar-refractivity contribution >= 4 is 29.7 Å². The smallest absolute Gasteiger partial charge is 0.325 e. The molecule has 0 fully saturated rings. The third-order valence-corrected chi connectivity index (χ3v) is 4.45. The molecule has 0 aromatic heterocycles. The first-order valence-electron chi connectivity index (χ1n) is 10.8. The SMILES string of the molecule is CCCN(CC(=O)NC(CCCNC(=N)N)C(=O)NCC(=O)OC)C(=O)C(N)CC(C)C. The molecule has 0 aliphatic heterocycles. The van der Waals surface area contributed by atoms with E-state index < -0.39 is 29.9 Å². The van der Waals surface area contributed by atoms with Crippen molar-refractivity contribution in [3.05, 3.63) is 0 Å². The Hall–Kier alpha value is -2.89. The Morgan fingerprint density at radius 3 is 2.34 bits per heavy atom. The van der Waals surface area contributed by atoms with Crippen molar-refractivity contribution in [2.45, 2.75) is 58.5 Å². The highest BCUT2D eigenvalue weighted by atomic mass is 16.5. The van der Waals surface area contributed by atoms with Crippen molar-refractivity contribution in [1.82, 2.24) is 20.9 Å². The summed E-state index contributed by atoms with van der Waals surface area (Å²) < 4.78 is 4.50. The number of carbonyl (C=O) groups excluding carboxylic acids is 4. The van der Waals surface area contributed by atoms with Crippen molar-refractivity contribution in [3.8, 4) is 0 Å². The van der Waals surface area contributed by atoms with E-state index in [2.05, 4.69) is 20.7 Å². The maximum atomic E-state index is 12.7. The fraction of sp³-hybridized carbons (Fsp3) is 0.750. The van der Waals surface area contributed by atoms with Crippen LogP contribution in [0.4, 0.5) is 0 Å². The van der Waals surface area contributed by atoms with Gasteiger partial charge in [-0.1, -0.05) is 20.8 Å². The summed E-state index contributed by atoms with van der Waals surface area (Å²) in [5, 5.41) is 14.8. The molecule has 32 heavy (non-hydrogen) atoms. The maximum Gasteiger partial charge on any atom is 0.325 e. The summed E-state index contributed by atoms with van der Waals surface area (Å²) in [6, 6.07) is -1.64. The van der Waals surface area contributed by atoms with Gasteiger partial charge in [-0.25, -0.2) is 0 Å². The van der Waals surface area contributed by atoms with Crippen LogP contribution in [0.3, 0.4) is 0 Å². The number of carbonyl (C=O) groups is 4. The lowest BCUT2D eigenvalue weighted by atomic mass is 10.0. The van der Waals surface area contributed by atoms with E-state index in [4.69, 9.17) is 16.9 Å². The van der Waals surface area contributed by atoms with Gasteiger partial charge in [-0.2, -0.15) is 0 Å². The number of guanidine groups is 1. The lowest BCUT2D eigenvalue weighted by Crippen LogP contribution is -2.53. The van der Waals surface area contributed by atoms with Crippen molar-refractivity contribution in [2.75, 3.05) is 33.3 Å². The quantitative estimate of drug-likeness (QED) is 0.0750. The first-order chi connectivity index (χ1) is 15.0. The maximum absolute atomic E-state index is 12.7. The second kappa shape index (κ2) is 15.8. The molecule has 12 nitrogen and oxygen atoms in total. The van der Waals surface area contributed by atoms with Crippen molar-refractivity contribution in [2.24, 2.45) is 17.4 Å². The minimum atomic E-state index is -0.941. The van der Waals surface area contributed by atoms with Crippen LogP contribution < -0.4 is 27.4 Å². The Morgan fingerprint density at radius 1 is 1.16 bits per heavy atom. The van der Waals surface area contributed by atoms with Crippen LogP contribution in [0.1, 0.15) is 46.5 Å². The van der Waals surface area contributed by atoms with Crippen LogP contribution in [0.25, 0.3) is 0 Å². The van der Waals surface area contributed by atoms with Gasteiger partial charge in [-0.15, -0.1) is 0 Å². The minimum Gasteiger partial charge on any atom is -0.468 e. The molecule has 0 saturated carbocycles. The van der Waals surface area contributed by atoms with E-state index in [-0.39, 0.29) is 37.3 Å². The second-order valence-corrected chi connectivity index (χ2v) is 7.89. The van der Waals surface area contributed by atoms with E-state index in [9.17, 15) is 19.2 Å². The molecule has 0 aliphatic carbocycles. The topological polar surface area (TPSA) is 193 Å². The summed E-state index contributed by atoms with van der Waals surface area (Å²) >= 11 is 0. The molecule has 12 heteroatoms. The van der Waals surface area contributed by atoms with E-state index in [1.807, 2.05) is 20.8 Å². The Bertz CT molecular complexity index is 642. The summed E-state index contributed by atoms with van der Waals surface area (Å²) in [5.41, 5.74) is 11.2. The number of nitrogens with zero attached hydrogens (tertiary/aromatic N) is 1. The highest BCUT2D eigenvalue weighted by molar-refractivity contribution is 5.92. The molecule has 0 saturated heterocycles. The van der Waals surface area contributed by atoms with E-state index in [0.717, 1.165) is 0 Å². The molecule has 0 spiro atoms. The number of rotatable bonds is 15. The predicted octanol–water partition coefficient (Wildman–Crippen LogP) is -1.36. The highest BCUT2D eigenvalue weighted by Crippen LogP contribution is 2.07. The Kier molecular flexibility index (Phi) is 14.4. The number of esters is 1. The Labute approximate surface area is 189 Å². The Balaban J connectivity index is 5.10. The van der Waals surface area contributed by atoms with Gasteiger partial charge in [0.25, 0.3) is 0 Å². The standard InChI is InChI=1S/C20H39N7O5/c1-5-9-27(19(31)14(21)10-13(2)3)12-16(28)26-15(7-6-8-24-20(22)23)18(30)25-11-17(29)32-4/h13-15H,5-12,21H2,1-4H3,(H,25,30)(H,26,28)(H4,22,23,24). The highest BCUT2D eigenvalue weighted by Gasteiger charge is 2.26. The van der Waals surface area contributed by atoms with Gasteiger partial charge in [-0.3, -0.25) is 24.6 Å². The van der Waals surface area contributed by atoms with Gasteiger partial charge in [-0.05, 0) is 31.6 Å². The van der Waals surface area contributed by atoms with Crippen LogP contribution in [0.15, 0.2) is 0 Å². The van der Waals surface area contributed by atoms with Crippen LogP contribution in [0.5, 0.6) is 0 Å². The van der Waals surface area contributed by atoms with Gasteiger partial charge in [0.1, 0.15) is 12.6 Å². The van der Waals surface area contributed by atoms with E-state index in [0.29, 0.717) is 32.4 Å². The van der Waals surface area contributed by atoms with E-state index >= 15 is 0 Å². The molecule has 0 aliphatic rings. The fourth-order valence-corrected chi connectivity index (χ4v) is 2.95.